The van der Waals surface area contributed by atoms with Crippen LogP contribution in [0.1, 0.15) is 78.1 Å². The van der Waals surface area contributed by atoms with Gasteiger partial charge in [-0.15, -0.1) is 0 Å². The molecule has 0 unspecified atom stereocenters. The molecule has 0 aliphatic heterocycles. The summed E-state index contributed by atoms with van der Waals surface area (Å²) in [6, 6.07) is 0. The van der Waals surface area contributed by atoms with Gasteiger partial charge in [0.15, 0.2) is 0 Å². The highest BCUT2D eigenvalue weighted by Gasteiger charge is 2.11. The summed E-state index contributed by atoms with van der Waals surface area (Å²) < 4.78 is 4.75. The quantitative estimate of drug-likeness (QED) is 0.392. The molecule has 0 aromatic carbocycles. The van der Waals surface area contributed by atoms with Gasteiger partial charge in [0.1, 0.15) is 0 Å². The molecule has 0 spiro atoms. The van der Waals surface area contributed by atoms with Gasteiger partial charge in [-0.2, -0.15) is 0 Å². The Morgan fingerprint density at radius 2 is 1.33 bits per heavy atom. The second-order valence-corrected chi connectivity index (χ2v) is 5.20. The van der Waals surface area contributed by atoms with E-state index >= 15 is 0 Å². The summed E-state index contributed by atoms with van der Waals surface area (Å²) in [5.41, 5.74) is 0. The number of hydrogen-bond acceptors (Lipinski definition) is 3. The lowest BCUT2D eigenvalue weighted by Crippen LogP contribution is -2.17. The normalized spacial score (nSPS) is 11.2. The average molecular weight is 258 g/mol. The molecular formula is C14H31BO3. The van der Waals surface area contributed by atoms with Crippen molar-refractivity contribution in [3.63, 3.8) is 0 Å². The molecule has 0 aliphatic carbocycles. The molecule has 0 fully saturated rings. The molecule has 0 aromatic rings. The molecule has 18 heavy (non-hydrogen) atoms. The van der Waals surface area contributed by atoms with Gasteiger partial charge in [0.2, 0.25) is 0 Å². The van der Waals surface area contributed by atoms with Crippen molar-refractivity contribution < 1.29 is 14.7 Å². The third-order valence-corrected chi connectivity index (χ3v) is 3.46. The van der Waals surface area contributed by atoms with E-state index < -0.39 is 7.32 Å². The second-order valence-electron chi connectivity index (χ2n) is 5.20. The third-order valence-electron chi connectivity index (χ3n) is 3.46. The smallest absolute Gasteiger partial charge is 0.402 e. The van der Waals surface area contributed by atoms with Crippen molar-refractivity contribution in [3.05, 3.63) is 0 Å². The predicted molar refractivity (Wildman–Crippen MR) is 77.2 cm³/mol. The minimum Gasteiger partial charge on any atom is -0.402 e. The molecule has 0 heterocycles. The van der Waals surface area contributed by atoms with Crippen LogP contribution in [0.5, 0.6) is 0 Å². The highest BCUT2D eigenvalue weighted by molar-refractivity contribution is 6.32. The molecule has 108 valence electrons. The van der Waals surface area contributed by atoms with Crippen molar-refractivity contribution in [2.75, 3.05) is 6.61 Å². The Balaban J connectivity index is 3.66. The first-order valence-electron chi connectivity index (χ1n) is 7.68. The van der Waals surface area contributed by atoms with E-state index in [4.69, 9.17) is 14.7 Å². The van der Waals surface area contributed by atoms with Crippen molar-refractivity contribution in [2.24, 2.45) is 5.92 Å². The van der Waals surface area contributed by atoms with E-state index in [0.29, 0.717) is 6.61 Å². The van der Waals surface area contributed by atoms with Gasteiger partial charge in [-0.1, -0.05) is 65.2 Å². The number of hydrogen-bond donors (Lipinski definition) is 2. The Morgan fingerprint density at radius 3 is 1.78 bits per heavy atom. The first-order valence-corrected chi connectivity index (χ1v) is 7.68. The first kappa shape index (κ1) is 17.9. The van der Waals surface area contributed by atoms with Gasteiger partial charge in [0.05, 0.1) is 0 Å². The second kappa shape index (κ2) is 13.4. The minimum absolute atomic E-state index is 0.454. The lowest BCUT2D eigenvalue weighted by atomic mass is 9.91. The van der Waals surface area contributed by atoms with Gasteiger partial charge in [0.25, 0.3) is 0 Å². The average Bonchev–Trinajstić information content (AvgIpc) is 2.34. The van der Waals surface area contributed by atoms with Crippen LogP contribution in [0.3, 0.4) is 0 Å². The standard InChI is InChI=1S/C14H31BO3/c1-3-5-7-10-14(11-8-6-4-2)12-9-13-18-15(16)17/h14,16-17H,3-13H2,1-2H3. The highest BCUT2D eigenvalue weighted by atomic mass is 16.6. The van der Waals surface area contributed by atoms with Crippen LogP contribution < -0.4 is 0 Å². The maximum absolute atomic E-state index is 8.60. The first-order chi connectivity index (χ1) is 8.70. The van der Waals surface area contributed by atoms with Crippen LogP contribution in [0.25, 0.3) is 0 Å². The lowest BCUT2D eigenvalue weighted by molar-refractivity contribution is 0.177. The zero-order chi connectivity index (χ0) is 13.6. The van der Waals surface area contributed by atoms with Crippen LogP contribution in [0.4, 0.5) is 0 Å². The van der Waals surface area contributed by atoms with Crippen molar-refractivity contribution in [1.82, 2.24) is 0 Å². The van der Waals surface area contributed by atoms with E-state index in [0.717, 1.165) is 18.8 Å². The largest absolute Gasteiger partial charge is 0.633 e. The van der Waals surface area contributed by atoms with Crippen LogP contribution in [0, 0.1) is 5.92 Å². The zero-order valence-corrected chi connectivity index (χ0v) is 12.2. The molecule has 0 saturated heterocycles. The molecule has 0 radical (unpaired) electrons. The molecular weight excluding hydrogens is 227 g/mol. The minimum atomic E-state index is -1.61. The Kier molecular flexibility index (Phi) is 13.3. The van der Waals surface area contributed by atoms with E-state index in [1.54, 1.807) is 0 Å². The van der Waals surface area contributed by atoms with Crippen LogP contribution in [0.15, 0.2) is 0 Å². The molecule has 2 N–H and O–H groups in total. The van der Waals surface area contributed by atoms with E-state index in [-0.39, 0.29) is 0 Å². The lowest BCUT2D eigenvalue weighted by Gasteiger charge is -2.16. The summed E-state index contributed by atoms with van der Waals surface area (Å²) in [6.07, 6.45) is 12.6. The summed E-state index contributed by atoms with van der Waals surface area (Å²) >= 11 is 0. The van der Waals surface area contributed by atoms with E-state index in [2.05, 4.69) is 13.8 Å². The van der Waals surface area contributed by atoms with Gasteiger partial charge in [-0.25, -0.2) is 0 Å². The van der Waals surface area contributed by atoms with Gasteiger partial charge in [-0.05, 0) is 18.8 Å². The molecule has 0 atom stereocenters. The van der Waals surface area contributed by atoms with Gasteiger partial charge in [0, 0.05) is 6.61 Å². The third kappa shape index (κ3) is 12.4. The van der Waals surface area contributed by atoms with Crippen molar-refractivity contribution in [3.8, 4) is 0 Å². The maximum atomic E-state index is 8.60. The monoisotopic (exact) mass is 258 g/mol. The molecule has 0 bridgehead atoms. The number of unbranched alkanes of at least 4 members (excludes halogenated alkanes) is 4. The SMILES string of the molecule is CCCCCC(CCCCC)CCCOB(O)O. The molecule has 0 rings (SSSR count). The van der Waals surface area contributed by atoms with Crippen molar-refractivity contribution >= 4 is 7.32 Å². The summed E-state index contributed by atoms with van der Waals surface area (Å²) in [4.78, 5) is 0. The van der Waals surface area contributed by atoms with Crippen molar-refractivity contribution in [2.45, 2.75) is 78.1 Å². The Hall–Kier alpha value is -0.0551. The molecule has 4 heteroatoms. The van der Waals surface area contributed by atoms with E-state index in [1.807, 2.05) is 0 Å². The maximum Gasteiger partial charge on any atom is 0.633 e. The molecule has 3 nitrogen and oxygen atoms in total. The van der Waals surface area contributed by atoms with Gasteiger partial charge >= 0.3 is 7.32 Å². The molecule has 0 saturated carbocycles. The predicted octanol–water partition coefficient (Wildman–Crippen LogP) is 3.53. The van der Waals surface area contributed by atoms with Gasteiger partial charge < -0.3 is 14.7 Å². The Bertz CT molecular complexity index is 155. The molecule has 0 aliphatic rings. The fraction of sp³-hybridized carbons (Fsp3) is 1.00. The summed E-state index contributed by atoms with van der Waals surface area (Å²) in [6.45, 7) is 4.93. The summed E-state index contributed by atoms with van der Waals surface area (Å²) in [5.74, 6) is 0.794. The highest BCUT2D eigenvalue weighted by Crippen LogP contribution is 2.22. The number of rotatable bonds is 13. The van der Waals surface area contributed by atoms with Crippen LogP contribution in [-0.4, -0.2) is 24.0 Å². The van der Waals surface area contributed by atoms with E-state index in [1.165, 1.54) is 51.4 Å². The Morgan fingerprint density at radius 1 is 0.833 bits per heavy atom. The van der Waals surface area contributed by atoms with Crippen molar-refractivity contribution in [1.29, 1.82) is 0 Å². The Labute approximate surface area is 113 Å². The topological polar surface area (TPSA) is 49.7 Å². The zero-order valence-electron chi connectivity index (χ0n) is 12.2. The van der Waals surface area contributed by atoms with Crippen LogP contribution in [0.2, 0.25) is 0 Å². The fourth-order valence-electron chi connectivity index (χ4n) is 2.36. The summed E-state index contributed by atoms with van der Waals surface area (Å²) in [5, 5.41) is 17.2. The fourth-order valence-corrected chi connectivity index (χ4v) is 2.36. The van der Waals surface area contributed by atoms with Gasteiger partial charge in [-0.3, -0.25) is 0 Å². The van der Waals surface area contributed by atoms with Crippen LogP contribution in [-0.2, 0) is 4.65 Å². The van der Waals surface area contributed by atoms with E-state index in [9.17, 15) is 0 Å². The van der Waals surface area contributed by atoms with Crippen LogP contribution >= 0.6 is 0 Å². The molecule has 0 amide bonds. The molecule has 0 aromatic heterocycles. The summed E-state index contributed by atoms with van der Waals surface area (Å²) in [7, 11) is -1.61.